The number of carbonyl (C=O) groups excluding carboxylic acids is 3. The summed E-state index contributed by atoms with van der Waals surface area (Å²) >= 11 is 0. The van der Waals surface area contributed by atoms with Gasteiger partial charge in [0.15, 0.2) is 0 Å². The third-order valence-electron chi connectivity index (χ3n) is 4.93. The number of urea groups is 1. The SMILES string of the molecule is CC1(C)C(=O)NC(=O)N1CC(=O)N1C[C@@H](N)[C@H](c2ccccc2)C1.Cl. The van der Waals surface area contributed by atoms with Crippen LogP contribution in [0.25, 0.3) is 0 Å². The molecule has 2 fully saturated rings. The van der Waals surface area contributed by atoms with E-state index >= 15 is 0 Å². The molecule has 3 rings (SSSR count). The Morgan fingerprint density at radius 2 is 1.88 bits per heavy atom. The molecule has 2 atom stereocenters. The Morgan fingerprint density at radius 3 is 2.44 bits per heavy atom. The Kier molecular flexibility index (Phi) is 5.39. The third-order valence-corrected chi connectivity index (χ3v) is 4.93. The van der Waals surface area contributed by atoms with E-state index in [4.69, 9.17) is 5.73 Å². The van der Waals surface area contributed by atoms with Gasteiger partial charge in [-0.1, -0.05) is 30.3 Å². The predicted octanol–water partition coefficient (Wildman–Crippen LogP) is 0.692. The van der Waals surface area contributed by atoms with E-state index in [1.54, 1.807) is 18.7 Å². The second-order valence-corrected chi connectivity index (χ2v) is 6.88. The number of imide groups is 1. The number of likely N-dealkylation sites (tertiary alicyclic amines) is 1. The third kappa shape index (κ3) is 3.48. The van der Waals surface area contributed by atoms with E-state index in [0.29, 0.717) is 13.1 Å². The normalized spacial score (nSPS) is 24.9. The van der Waals surface area contributed by atoms with Gasteiger partial charge in [-0.3, -0.25) is 14.9 Å². The zero-order chi connectivity index (χ0) is 17.5. The van der Waals surface area contributed by atoms with E-state index in [1.807, 2.05) is 30.3 Å². The van der Waals surface area contributed by atoms with Gasteiger partial charge >= 0.3 is 6.03 Å². The van der Waals surface area contributed by atoms with Crippen LogP contribution in [0, 0.1) is 0 Å². The van der Waals surface area contributed by atoms with Gasteiger partial charge in [0, 0.05) is 25.0 Å². The Morgan fingerprint density at radius 1 is 1.24 bits per heavy atom. The fraction of sp³-hybridized carbons (Fsp3) is 0.471. The molecule has 2 heterocycles. The Hall–Kier alpha value is -2.12. The van der Waals surface area contributed by atoms with Crippen LogP contribution in [0.4, 0.5) is 4.79 Å². The topological polar surface area (TPSA) is 95.7 Å². The summed E-state index contributed by atoms with van der Waals surface area (Å²) < 4.78 is 0. The van der Waals surface area contributed by atoms with E-state index in [0.717, 1.165) is 5.56 Å². The second-order valence-electron chi connectivity index (χ2n) is 6.88. The lowest BCUT2D eigenvalue weighted by Crippen LogP contribution is -2.49. The molecule has 1 aromatic rings. The van der Waals surface area contributed by atoms with Crippen molar-refractivity contribution in [2.75, 3.05) is 19.6 Å². The van der Waals surface area contributed by atoms with Crippen molar-refractivity contribution in [3.05, 3.63) is 35.9 Å². The number of nitrogens with one attached hydrogen (secondary N) is 1. The number of nitrogens with two attached hydrogens (primary N) is 1. The van der Waals surface area contributed by atoms with Crippen molar-refractivity contribution in [1.82, 2.24) is 15.1 Å². The summed E-state index contributed by atoms with van der Waals surface area (Å²) in [6, 6.07) is 9.20. The molecule has 136 valence electrons. The number of halogens is 1. The van der Waals surface area contributed by atoms with Crippen LogP contribution < -0.4 is 11.1 Å². The van der Waals surface area contributed by atoms with Gasteiger partial charge in [-0.05, 0) is 19.4 Å². The van der Waals surface area contributed by atoms with Crippen LogP contribution in [-0.4, -0.2) is 58.9 Å². The minimum Gasteiger partial charge on any atom is -0.339 e. The van der Waals surface area contributed by atoms with Crippen LogP contribution in [0.2, 0.25) is 0 Å². The zero-order valence-electron chi connectivity index (χ0n) is 14.3. The molecule has 2 aliphatic heterocycles. The number of carbonyl (C=O) groups is 3. The summed E-state index contributed by atoms with van der Waals surface area (Å²) in [4.78, 5) is 39.2. The molecule has 0 aromatic heterocycles. The van der Waals surface area contributed by atoms with Crippen LogP contribution in [-0.2, 0) is 9.59 Å². The average molecular weight is 367 g/mol. The number of nitrogens with zero attached hydrogens (tertiary/aromatic N) is 2. The van der Waals surface area contributed by atoms with Crippen molar-refractivity contribution in [3.63, 3.8) is 0 Å². The van der Waals surface area contributed by atoms with Gasteiger partial charge in [-0.25, -0.2) is 4.79 Å². The predicted molar refractivity (Wildman–Crippen MR) is 95.3 cm³/mol. The summed E-state index contributed by atoms with van der Waals surface area (Å²) in [5, 5.41) is 2.25. The molecule has 0 spiro atoms. The summed E-state index contributed by atoms with van der Waals surface area (Å²) in [6.45, 7) is 4.10. The Balaban J connectivity index is 0.00000225. The number of hydrogen-bond donors (Lipinski definition) is 2. The molecule has 0 radical (unpaired) electrons. The van der Waals surface area contributed by atoms with Crippen molar-refractivity contribution in [1.29, 1.82) is 0 Å². The molecule has 4 amide bonds. The van der Waals surface area contributed by atoms with Crippen LogP contribution in [0.15, 0.2) is 30.3 Å². The molecule has 2 saturated heterocycles. The molecule has 2 aliphatic rings. The first kappa shape index (κ1) is 19.2. The Bertz CT molecular complexity index is 680. The van der Waals surface area contributed by atoms with Gasteiger partial charge in [0.1, 0.15) is 12.1 Å². The fourth-order valence-corrected chi connectivity index (χ4v) is 3.28. The van der Waals surface area contributed by atoms with Crippen molar-refractivity contribution in [3.8, 4) is 0 Å². The smallest absolute Gasteiger partial charge is 0.325 e. The quantitative estimate of drug-likeness (QED) is 0.769. The van der Waals surface area contributed by atoms with Crippen LogP contribution >= 0.6 is 12.4 Å². The highest BCUT2D eigenvalue weighted by molar-refractivity contribution is 6.07. The summed E-state index contributed by atoms with van der Waals surface area (Å²) in [5.74, 6) is -0.500. The molecule has 1 aromatic carbocycles. The lowest BCUT2D eigenvalue weighted by molar-refractivity contribution is -0.132. The van der Waals surface area contributed by atoms with Crippen molar-refractivity contribution < 1.29 is 14.4 Å². The molecule has 25 heavy (non-hydrogen) atoms. The average Bonchev–Trinajstić information content (AvgIpc) is 3.02. The highest BCUT2D eigenvalue weighted by Gasteiger charge is 2.47. The molecular formula is C17H23ClN4O3. The number of benzene rings is 1. The van der Waals surface area contributed by atoms with Crippen molar-refractivity contribution in [2.45, 2.75) is 31.3 Å². The monoisotopic (exact) mass is 366 g/mol. The van der Waals surface area contributed by atoms with Crippen LogP contribution in [0.1, 0.15) is 25.3 Å². The second kappa shape index (κ2) is 7.01. The number of hydrogen-bond acceptors (Lipinski definition) is 4. The minimum atomic E-state index is -1.02. The van der Waals surface area contributed by atoms with Gasteiger partial charge in [0.2, 0.25) is 5.91 Å². The fourth-order valence-electron chi connectivity index (χ4n) is 3.28. The minimum absolute atomic E-state index is 0. The van der Waals surface area contributed by atoms with Gasteiger partial charge < -0.3 is 15.5 Å². The summed E-state index contributed by atoms with van der Waals surface area (Å²) in [7, 11) is 0. The first-order chi connectivity index (χ1) is 11.3. The largest absolute Gasteiger partial charge is 0.339 e. The molecule has 3 N–H and O–H groups in total. The van der Waals surface area contributed by atoms with Crippen molar-refractivity contribution >= 4 is 30.3 Å². The molecule has 0 unspecified atom stereocenters. The standard InChI is InChI=1S/C17H22N4O3.ClH/c1-17(2)15(23)19-16(24)21(17)10-14(22)20-8-12(13(18)9-20)11-6-4-3-5-7-11;/h3-7,12-13H,8-10,18H2,1-2H3,(H,19,23,24);1H/t12-,13+;/m0./s1. The van der Waals surface area contributed by atoms with Crippen LogP contribution in [0.3, 0.4) is 0 Å². The van der Waals surface area contributed by atoms with Gasteiger partial charge in [-0.15, -0.1) is 12.4 Å². The van der Waals surface area contributed by atoms with Gasteiger partial charge in [-0.2, -0.15) is 0 Å². The van der Waals surface area contributed by atoms with E-state index in [1.165, 1.54) is 4.90 Å². The Labute approximate surface area is 152 Å². The highest BCUT2D eigenvalue weighted by Crippen LogP contribution is 2.27. The number of amides is 4. The lowest BCUT2D eigenvalue weighted by Gasteiger charge is -2.29. The molecule has 0 aliphatic carbocycles. The first-order valence-corrected chi connectivity index (χ1v) is 8.02. The first-order valence-electron chi connectivity index (χ1n) is 8.02. The molecule has 7 nitrogen and oxygen atoms in total. The number of rotatable bonds is 3. The maximum atomic E-state index is 12.6. The highest BCUT2D eigenvalue weighted by atomic mass is 35.5. The van der Waals surface area contributed by atoms with E-state index in [-0.39, 0.29) is 42.7 Å². The van der Waals surface area contributed by atoms with Crippen LogP contribution in [0.5, 0.6) is 0 Å². The van der Waals surface area contributed by atoms with Gasteiger partial charge in [0.05, 0.1) is 0 Å². The van der Waals surface area contributed by atoms with E-state index in [2.05, 4.69) is 5.32 Å². The molecule has 0 saturated carbocycles. The van der Waals surface area contributed by atoms with Gasteiger partial charge in [0.25, 0.3) is 5.91 Å². The molecular weight excluding hydrogens is 344 g/mol. The maximum Gasteiger partial charge on any atom is 0.325 e. The van der Waals surface area contributed by atoms with Crippen molar-refractivity contribution in [2.24, 2.45) is 5.73 Å². The zero-order valence-corrected chi connectivity index (χ0v) is 15.1. The molecule has 0 bridgehead atoms. The molecule has 8 heteroatoms. The summed E-state index contributed by atoms with van der Waals surface area (Å²) in [5.41, 5.74) is 6.29. The summed E-state index contributed by atoms with van der Waals surface area (Å²) in [6.07, 6.45) is 0. The maximum absolute atomic E-state index is 12.6. The lowest BCUT2D eigenvalue weighted by atomic mass is 9.95. The van der Waals surface area contributed by atoms with E-state index in [9.17, 15) is 14.4 Å². The van der Waals surface area contributed by atoms with E-state index < -0.39 is 11.6 Å².